The number of pyridine rings is 1. The Morgan fingerprint density at radius 1 is 0.900 bits per heavy atom. The van der Waals surface area contributed by atoms with E-state index in [2.05, 4.69) is 29.2 Å². The molecule has 0 aliphatic carbocycles. The number of fused-ring (bicyclic) bond motifs is 2. The molecule has 1 aliphatic heterocycles. The second-order valence-corrected chi connectivity index (χ2v) is 5.51. The van der Waals surface area contributed by atoms with Crippen LogP contribution in [0.15, 0.2) is 54.6 Å². The molecule has 0 amide bonds. The molecule has 2 aromatic carbocycles. The molecular weight excluding hydrogens is 268 g/mol. The van der Waals surface area contributed by atoms with Crippen molar-refractivity contribution in [2.45, 2.75) is 13.1 Å². The van der Waals surface area contributed by atoms with Crippen molar-refractivity contribution >= 4 is 28.3 Å². The molecule has 0 spiro atoms. The van der Waals surface area contributed by atoms with Crippen LogP contribution in [0.1, 0.15) is 11.1 Å². The second kappa shape index (κ2) is 4.50. The maximum absolute atomic E-state index is 6.39. The van der Waals surface area contributed by atoms with E-state index in [1.807, 2.05) is 30.3 Å². The molecule has 0 N–H and O–H groups in total. The summed E-state index contributed by atoms with van der Waals surface area (Å²) in [7, 11) is 0. The largest absolute Gasteiger partial charge is 0.348 e. The maximum atomic E-state index is 6.39. The highest BCUT2D eigenvalue weighted by molar-refractivity contribution is 6.35. The van der Waals surface area contributed by atoms with E-state index in [0.29, 0.717) is 0 Å². The van der Waals surface area contributed by atoms with Crippen LogP contribution in [0, 0.1) is 0 Å². The van der Waals surface area contributed by atoms with Gasteiger partial charge in [-0.1, -0.05) is 54.1 Å². The van der Waals surface area contributed by atoms with Gasteiger partial charge in [-0.3, -0.25) is 0 Å². The number of rotatable bonds is 1. The van der Waals surface area contributed by atoms with E-state index in [9.17, 15) is 0 Å². The zero-order valence-electron chi connectivity index (χ0n) is 10.9. The smallest absolute Gasteiger partial charge is 0.131 e. The number of hydrogen-bond acceptors (Lipinski definition) is 2. The molecule has 0 atom stereocenters. The third-order valence-corrected chi connectivity index (χ3v) is 4.13. The Labute approximate surface area is 122 Å². The molecule has 0 bridgehead atoms. The van der Waals surface area contributed by atoms with Crippen LogP contribution < -0.4 is 4.90 Å². The molecule has 0 radical (unpaired) electrons. The molecule has 0 fully saturated rings. The lowest BCUT2D eigenvalue weighted by Gasteiger charge is -2.17. The van der Waals surface area contributed by atoms with E-state index in [1.165, 1.54) is 11.1 Å². The minimum Gasteiger partial charge on any atom is -0.348 e. The second-order valence-electron chi connectivity index (χ2n) is 5.10. The predicted octanol–water partition coefficient (Wildman–Crippen LogP) is 4.41. The first-order valence-electron chi connectivity index (χ1n) is 6.68. The van der Waals surface area contributed by atoms with Gasteiger partial charge in [0.25, 0.3) is 0 Å². The van der Waals surface area contributed by atoms with E-state index in [4.69, 9.17) is 16.6 Å². The summed E-state index contributed by atoms with van der Waals surface area (Å²) in [5.74, 6) is 0.949. The van der Waals surface area contributed by atoms with E-state index in [0.717, 1.165) is 34.8 Å². The Balaban J connectivity index is 1.77. The topological polar surface area (TPSA) is 16.1 Å². The third kappa shape index (κ3) is 1.84. The van der Waals surface area contributed by atoms with Gasteiger partial charge in [0, 0.05) is 18.5 Å². The Hall–Kier alpha value is -2.06. The molecule has 1 aliphatic rings. The van der Waals surface area contributed by atoms with Gasteiger partial charge in [-0.05, 0) is 23.3 Å². The Morgan fingerprint density at radius 3 is 2.30 bits per heavy atom. The first kappa shape index (κ1) is 11.7. The van der Waals surface area contributed by atoms with E-state index in [1.54, 1.807) is 0 Å². The van der Waals surface area contributed by atoms with Gasteiger partial charge in [-0.2, -0.15) is 0 Å². The summed E-state index contributed by atoms with van der Waals surface area (Å²) in [5, 5.41) is 1.77. The van der Waals surface area contributed by atoms with Crippen LogP contribution in [-0.2, 0) is 13.1 Å². The Morgan fingerprint density at radius 2 is 1.55 bits per heavy atom. The van der Waals surface area contributed by atoms with Crippen molar-refractivity contribution < 1.29 is 0 Å². The van der Waals surface area contributed by atoms with Gasteiger partial charge < -0.3 is 4.90 Å². The SMILES string of the molecule is Clc1cc(N2Cc3ccccc3C2)nc2ccccc12. The number of halogens is 1. The van der Waals surface area contributed by atoms with Gasteiger partial charge in [-0.25, -0.2) is 4.98 Å². The van der Waals surface area contributed by atoms with Crippen molar-refractivity contribution in [3.05, 3.63) is 70.7 Å². The van der Waals surface area contributed by atoms with Crippen LogP contribution in [0.4, 0.5) is 5.82 Å². The molecule has 2 nitrogen and oxygen atoms in total. The molecule has 4 rings (SSSR count). The number of hydrogen-bond donors (Lipinski definition) is 0. The minimum atomic E-state index is 0.765. The fraction of sp³-hybridized carbons (Fsp3) is 0.118. The minimum absolute atomic E-state index is 0.765. The maximum Gasteiger partial charge on any atom is 0.131 e. The van der Waals surface area contributed by atoms with Crippen LogP contribution in [-0.4, -0.2) is 4.98 Å². The molecule has 0 unspecified atom stereocenters. The molecule has 0 saturated carbocycles. The van der Waals surface area contributed by atoms with Gasteiger partial charge in [-0.15, -0.1) is 0 Å². The summed E-state index contributed by atoms with van der Waals surface area (Å²) in [6.07, 6.45) is 0. The standard InChI is InChI=1S/C17H13ClN2/c18-15-9-17(19-16-8-4-3-7-14(15)16)20-10-12-5-1-2-6-13(12)11-20/h1-9H,10-11H2. The molecule has 3 heteroatoms. The first-order chi connectivity index (χ1) is 9.81. The van der Waals surface area contributed by atoms with Crippen LogP contribution >= 0.6 is 11.6 Å². The average Bonchev–Trinajstić information content (AvgIpc) is 2.91. The number of aromatic nitrogens is 1. The van der Waals surface area contributed by atoms with E-state index >= 15 is 0 Å². The van der Waals surface area contributed by atoms with Crippen LogP contribution in [0.5, 0.6) is 0 Å². The van der Waals surface area contributed by atoms with Gasteiger partial charge in [0.1, 0.15) is 5.82 Å². The predicted molar refractivity (Wildman–Crippen MR) is 83.1 cm³/mol. The van der Waals surface area contributed by atoms with Gasteiger partial charge >= 0.3 is 0 Å². The third-order valence-electron chi connectivity index (χ3n) is 3.82. The van der Waals surface area contributed by atoms with Crippen LogP contribution in [0.2, 0.25) is 5.02 Å². The summed E-state index contributed by atoms with van der Waals surface area (Å²) >= 11 is 6.39. The highest BCUT2D eigenvalue weighted by atomic mass is 35.5. The number of nitrogens with zero attached hydrogens (tertiary/aromatic N) is 2. The van der Waals surface area contributed by atoms with E-state index in [-0.39, 0.29) is 0 Å². The number of para-hydroxylation sites is 1. The molecule has 0 saturated heterocycles. The summed E-state index contributed by atoms with van der Waals surface area (Å²) in [6, 6.07) is 18.5. The molecule has 20 heavy (non-hydrogen) atoms. The zero-order valence-corrected chi connectivity index (χ0v) is 11.6. The van der Waals surface area contributed by atoms with Crippen molar-refractivity contribution in [2.24, 2.45) is 0 Å². The fourth-order valence-corrected chi connectivity index (χ4v) is 3.03. The monoisotopic (exact) mass is 280 g/mol. The van der Waals surface area contributed by atoms with Crippen molar-refractivity contribution in [3.8, 4) is 0 Å². The number of anilines is 1. The summed E-state index contributed by atoms with van der Waals surface area (Å²) in [4.78, 5) is 7.01. The average molecular weight is 281 g/mol. The molecule has 98 valence electrons. The van der Waals surface area contributed by atoms with Gasteiger partial charge in [0.2, 0.25) is 0 Å². The lowest BCUT2D eigenvalue weighted by Crippen LogP contribution is -2.15. The molecule has 2 heterocycles. The lowest BCUT2D eigenvalue weighted by atomic mass is 10.1. The highest BCUT2D eigenvalue weighted by Gasteiger charge is 2.20. The first-order valence-corrected chi connectivity index (χ1v) is 7.06. The summed E-state index contributed by atoms with van der Waals surface area (Å²) < 4.78 is 0. The quantitative estimate of drug-likeness (QED) is 0.656. The summed E-state index contributed by atoms with van der Waals surface area (Å²) in [5.41, 5.74) is 3.70. The van der Waals surface area contributed by atoms with Crippen molar-refractivity contribution in [1.29, 1.82) is 0 Å². The molecule has 3 aromatic rings. The highest BCUT2D eigenvalue weighted by Crippen LogP contribution is 2.31. The van der Waals surface area contributed by atoms with Crippen LogP contribution in [0.3, 0.4) is 0 Å². The Bertz CT molecular complexity index is 773. The summed E-state index contributed by atoms with van der Waals surface area (Å²) in [6.45, 7) is 1.80. The van der Waals surface area contributed by atoms with Gasteiger partial charge in [0.05, 0.1) is 10.5 Å². The van der Waals surface area contributed by atoms with Crippen molar-refractivity contribution in [2.75, 3.05) is 4.90 Å². The fourth-order valence-electron chi connectivity index (χ4n) is 2.78. The Kier molecular flexibility index (Phi) is 2.64. The molecular formula is C17H13ClN2. The zero-order chi connectivity index (χ0) is 13.5. The van der Waals surface area contributed by atoms with Crippen molar-refractivity contribution in [3.63, 3.8) is 0 Å². The molecule has 1 aromatic heterocycles. The van der Waals surface area contributed by atoms with Gasteiger partial charge in [0.15, 0.2) is 0 Å². The number of benzene rings is 2. The van der Waals surface area contributed by atoms with E-state index < -0.39 is 0 Å². The lowest BCUT2D eigenvalue weighted by molar-refractivity contribution is 0.861. The van der Waals surface area contributed by atoms with Crippen molar-refractivity contribution in [1.82, 2.24) is 4.98 Å². The van der Waals surface area contributed by atoms with Crippen LogP contribution in [0.25, 0.3) is 10.9 Å². The normalized spacial score (nSPS) is 13.8.